The molecule has 1 unspecified atom stereocenters. The molecule has 0 radical (unpaired) electrons. The average molecular weight is 337 g/mol. The van der Waals surface area contributed by atoms with E-state index >= 15 is 0 Å². The Labute approximate surface area is 147 Å². The smallest absolute Gasteiger partial charge is 0.237 e. The zero-order chi connectivity index (χ0) is 18.0. The van der Waals surface area contributed by atoms with Crippen molar-refractivity contribution < 1.29 is 5.21 Å². The van der Waals surface area contributed by atoms with Crippen molar-refractivity contribution in [1.82, 2.24) is 10.5 Å². The van der Waals surface area contributed by atoms with Crippen LogP contribution in [0.15, 0.2) is 40.7 Å². The van der Waals surface area contributed by atoms with Gasteiger partial charge in [-0.05, 0) is 62.3 Å². The Morgan fingerprint density at radius 1 is 1.20 bits per heavy atom. The standard InChI is InChI=1S/C19H23N5O/c1-11-4-5-12(2)15(8-11)14-9-16-18(13(3)6-7-21-16)17(10-14)22-23-19(20)24-25/h4-8,14,25H,9-10H2,1-3H3,(H3,20,23,24)/b22-17-. The third-order valence-corrected chi connectivity index (χ3v) is 4.67. The maximum absolute atomic E-state index is 8.82. The molecule has 1 aliphatic rings. The fourth-order valence-corrected chi connectivity index (χ4v) is 3.45. The van der Waals surface area contributed by atoms with E-state index in [1.807, 2.05) is 24.7 Å². The molecule has 0 bridgehead atoms. The molecule has 0 amide bonds. The lowest BCUT2D eigenvalue weighted by Crippen LogP contribution is -2.28. The molecular formula is C19H23N5O. The van der Waals surface area contributed by atoms with Crippen molar-refractivity contribution in [2.24, 2.45) is 15.9 Å². The first-order valence-electron chi connectivity index (χ1n) is 8.31. The van der Waals surface area contributed by atoms with E-state index in [9.17, 15) is 0 Å². The van der Waals surface area contributed by atoms with Crippen LogP contribution in [-0.2, 0) is 6.42 Å². The molecule has 6 heteroatoms. The number of fused-ring (bicyclic) bond motifs is 1. The summed E-state index contributed by atoms with van der Waals surface area (Å²) in [6.45, 7) is 6.29. The first-order valence-corrected chi connectivity index (χ1v) is 8.31. The number of nitrogens with zero attached hydrogens (tertiary/aromatic N) is 3. The molecular weight excluding hydrogens is 314 g/mol. The number of rotatable bonds is 2. The van der Waals surface area contributed by atoms with Crippen molar-refractivity contribution in [3.05, 3.63) is 64.0 Å². The van der Waals surface area contributed by atoms with Gasteiger partial charge in [-0.25, -0.2) is 5.48 Å². The van der Waals surface area contributed by atoms with Gasteiger partial charge in [-0.3, -0.25) is 10.2 Å². The number of benzene rings is 1. The Bertz CT molecular complexity index is 857. The van der Waals surface area contributed by atoms with Gasteiger partial charge in [0.05, 0.1) is 11.4 Å². The summed E-state index contributed by atoms with van der Waals surface area (Å²) in [5.74, 6) is 0.156. The molecule has 130 valence electrons. The fourth-order valence-electron chi connectivity index (χ4n) is 3.45. The van der Waals surface area contributed by atoms with Crippen LogP contribution in [0, 0.1) is 20.8 Å². The van der Waals surface area contributed by atoms with Crippen LogP contribution in [0.25, 0.3) is 0 Å². The second-order valence-electron chi connectivity index (χ2n) is 6.56. The molecule has 0 fully saturated rings. The number of guanidine groups is 1. The highest BCUT2D eigenvalue weighted by Crippen LogP contribution is 2.35. The number of aryl methyl sites for hydroxylation is 3. The summed E-state index contributed by atoms with van der Waals surface area (Å²) < 4.78 is 0. The maximum Gasteiger partial charge on any atom is 0.237 e. The minimum absolute atomic E-state index is 0.135. The lowest BCUT2D eigenvalue weighted by molar-refractivity contribution is 0.232. The fraction of sp³-hybridized carbons (Fsp3) is 0.316. The van der Waals surface area contributed by atoms with Crippen molar-refractivity contribution in [3.63, 3.8) is 0 Å². The van der Waals surface area contributed by atoms with Gasteiger partial charge in [0.15, 0.2) is 0 Å². The number of nitrogens with one attached hydrogen (secondary N) is 1. The van der Waals surface area contributed by atoms with Crippen LogP contribution in [0.4, 0.5) is 0 Å². The number of aromatic nitrogens is 1. The molecule has 3 rings (SSSR count). The molecule has 6 nitrogen and oxygen atoms in total. The molecule has 4 N–H and O–H groups in total. The van der Waals surface area contributed by atoms with Gasteiger partial charge in [-0.2, -0.15) is 5.10 Å². The summed E-state index contributed by atoms with van der Waals surface area (Å²) in [5.41, 5.74) is 15.2. The minimum atomic E-state index is -0.135. The Kier molecular flexibility index (Phi) is 4.81. The first-order chi connectivity index (χ1) is 12.0. The van der Waals surface area contributed by atoms with Gasteiger partial charge < -0.3 is 5.73 Å². The summed E-state index contributed by atoms with van der Waals surface area (Å²) in [6, 6.07) is 8.51. The molecule has 0 saturated heterocycles. The number of hydrogen-bond acceptors (Lipinski definition) is 4. The van der Waals surface area contributed by atoms with E-state index in [1.165, 1.54) is 16.7 Å². The molecule has 1 aliphatic carbocycles. The van der Waals surface area contributed by atoms with Gasteiger partial charge in [-0.1, -0.05) is 23.8 Å². The zero-order valence-electron chi connectivity index (χ0n) is 14.7. The van der Waals surface area contributed by atoms with Crippen molar-refractivity contribution >= 4 is 11.7 Å². The molecule has 1 atom stereocenters. The Balaban J connectivity index is 2.08. The van der Waals surface area contributed by atoms with Crippen molar-refractivity contribution in [3.8, 4) is 0 Å². The van der Waals surface area contributed by atoms with E-state index in [2.05, 4.69) is 47.2 Å². The molecule has 0 aliphatic heterocycles. The molecule has 2 aromatic rings. The summed E-state index contributed by atoms with van der Waals surface area (Å²) in [7, 11) is 0. The van der Waals surface area contributed by atoms with Crippen molar-refractivity contribution in [1.29, 1.82) is 0 Å². The number of hydrogen-bond donors (Lipinski definition) is 3. The lowest BCUT2D eigenvalue weighted by atomic mass is 9.78. The third-order valence-electron chi connectivity index (χ3n) is 4.67. The maximum atomic E-state index is 8.82. The largest absolute Gasteiger partial charge is 0.367 e. The molecule has 1 heterocycles. The van der Waals surface area contributed by atoms with Crippen LogP contribution in [0.2, 0.25) is 0 Å². The summed E-state index contributed by atoms with van der Waals surface area (Å²) in [6.07, 6.45) is 3.47. The third kappa shape index (κ3) is 3.53. The quantitative estimate of drug-likeness (QED) is 0.446. The SMILES string of the molecule is Cc1ccc(C)c(C2C/C(=N/N=C(N)NO)c3c(C)ccnc3C2)c1. The highest BCUT2D eigenvalue weighted by Gasteiger charge is 2.28. The number of nitrogens with two attached hydrogens (primary N) is 1. The van der Waals surface area contributed by atoms with Crippen LogP contribution in [0.5, 0.6) is 0 Å². The van der Waals surface area contributed by atoms with Crippen LogP contribution in [0.1, 0.15) is 45.8 Å². The van der Waals surface area contributed by atoms with Gasteiger partial charge in [0, 0.05) is 11.8 Å². The zero-order valence-corrected chi connectivity index (χ0v) is 14.7. The summed E-state index contributed by atoms with van der Waals surface area (Å²) >= 11 is 0. The number of hydroxylamine groups is 1. The van der Waals surface area contributed by atoms with E-state index in [-0.39, 0.29) is 5.96 Å². The van der Waals surface area contributed by atoms with Gasteiger partial charge >= 0.3 is 0 Å². The Hall–Kier alpha value is -2.73. The highest BCUT2D eigenvalue weighted by atomic mass is 16.5. The normalized spacial score (nSPS) is 19.0. The van der Waals surface area contributed by atoms with Gasteiger partial charge in [0.25, 0.3) is 0 Å². The minimum Gasteiger partial charge on any atom is -0.367 e. The van der Waals surface area contributed by atoms with E-state index in [4.69, 9.17) is 10.9 Å². The molecule has 25 heavy (non-hydrogen) atoms. The summed E-state index contributed by atoms with van der Waals surface area (Å²) in [5, 5.41) is 17.0. The Morgan fingerprint density at radius 3 is 2.76 bits per heavy atom. The average Bonchev–Trinajstić information content (AvgIpc) is 2.61. The van der Waals surface area contributed by atoms with E-state index in [1.54, 1.807) is 0 Å². The van der Waals surface area contributed by atoms with Crippen molar-refractivity contribution in [2.45, 2.75) is 39.5 Å². The Morgan fingerprint density at radius 2 is 2.00 bits per heavy atom. The van der Waals surface area contributed by atoms with Gasteiger partial charge in [0.1, 0.15) is 0 Å². The predicted octanol–water partition coefficient (Wildman–Crippen LogP) is 2.73. The molecule has 0 saturated carbocycles. The highest BCUT2D eigenvalue weighted by molar-refractivity contribution is 6.04. The number of pyridine rings is 1. The first kappa shape index (κ1) is 17.1. The molecule has 1 aromatic carbocycles. The predicted molar refractivity (Wildman–Crippen MR) is 99.0 cm³/mol. The van der Waals surface area contributed by atoms with Crippen molar-refractivity contribution in [2.75, 3.05) is 0 Å². The second-order valence-corrected chi connectivity index (χ2v) is 6.56. The topological polar surface area (TPSA) is 95.9 Å². The van der Waals surface area contributed by atoms with E-state index in [0.29, 0.717) is 5.92 Å². The lowest BCUT2D eigenvalue weighted by Gasteiger charge is -2.27. The van der Waals surface area contributed by atoms with Gasteiger partial charge in [0.2, 0.25) is 5.96 Å². The molecule has 1 aromatic heterocycles. The van der Waals surface area contributed by atoms with Gasteiger partial charge in [-0.15, -0.1) is 5.10 Å². The van der Waals surface area contributed by atoms with Crippen LogP contribution >= 0.6 is 0 Å². The molecule has 0 spiro atoms. The monoisotopic (exact) mass is 337 g/mol. The van der Waals surface area contributed by atoms with Crippen LogP contribution in [-0.4, -0.2) is 21.9 Å². The van der Waals surface area contributed by atoms with E-state index < -0.39 is 0 Å². The van der Waals surface area contributed by atoms with Crippen LogP contribution < -0.4 is 11.2 Å². The van der Waals surface area contributed by atoms with E-state index in [0.717, 1.165) is 35.4 Å². The summed E-state index contributed by atoms with van der Waals surface area (Å²) in [4.78, 5) is 4.58. The second kappa shape index (κ2) is 7.03. The van der Waals surface area contributed by atoms with Crippen LogP contribution in [0.3, 0.4) is 0 Å².